The summed E-state index contributed by atoms with van der Waals surface area (Å²) in [5.74, 6) is -1.78. The van der Waals surface area contributed by atoms with Crippen LogP contribution in [0.4, 0.5) is 29.3 Å². The van der Waals surface area contributed by atoms with Crippen molar-refractivity contribution in [3.05, 3.63) is 33.9 Å². The number of carboxylic acids is 1. The lowest BCUT2D eigenvalue weighted by molar-refractivity contribution is -0.388. The number of hydrogen-bond donors (Lipinski definition) is 2. The molecule has 1 aliphatic rings. The number of alkyl halides is 3. The summed E-state index contributed by atoms with van der Waals surface area (Å²) in [7, 11) is 0. The second-order valence-electron chi connectivity index (χ2n) is 5.54. The molecule has 2 rings (SSSR count). The molecule has 1 aromatic rings. The van der Waals surface area contributed by atoms with Gasteiger partial charge in [0.2, 0.25) is 0 Å². The van der Waals surface area contributed by atoms with Gasteiger partial charge in [0.25, 0.3) is 5.69 Å². The van der Waals surface area contributed by atoms with E-state index >= 15 is 0 Å². The van der Waals surface area contributed by atoms with Crippen LogP contribution in [0.15, 0.2) is 18.2 Å². The number of piperidine rings is 1. The molecule has 0 aliphatic carbocycles. The first-order chi connectivity index (χ1) is 11.6. The van der Waals surface area contributed by atoms with Crippen molar-refractivity contribution in [3.8, 4) is 0 Å². The predicted octanol–water partition coefficient (Wildman–Crippen LogP) is 2.94. The molecule has 136 valence electrons. The Kier molecular flexibility index (Phi) is 5.14. The van der Waals surface area contributed by atoms with Gasteiger partial charge >= 0.3 is 18.2 Å². The number of nitrogens with zero attached hydrogens (tertiary/aromatic N) is 2. The summed E-state index contributed by atoms with van der Waals surface area (Å²) in [4.78, 5) is 33.9. The minimum absolute atomic E-state index is 0.0553. The number of amides is 2. The highest BCUT2D eigenvalue weighted by molar-refractivity contribution is 5.90. The lowest BCUT2D eigenvalue weighted by Crippen LogP contribution is -2.44. The third-order valence-corrected chi connectivity index (χ3v) is 3.81. The zero-order valence-corrected chi connectivity index (χ0v) is 12.7. The van der Waals surface area contributed by atoms with Crippen LogP contribution in [-0.2, 0) is 11.0 Å². The van der Waals surface area contributed by atoms with Crippen molar-refractivity contribution in [1.82, 2.24) is 4.90 Å². The quantitative estimate of drug-likeness (QED) is 0.635. The Labute approximate surface area is 139 Å². The number of nitro groups is 1. The van der Waals surface area contributed by atoms with E-state index in [1.54, 1.807) is 0 Å². The molecular weight excluding hydrogens is 347 g/mol. The van der Waals surface area contributed by atoms with Gasteiger partial charge in [0.1, 0.15) is 5.56 Å². The fraction of sp³-hybridized carbons (Fsp3) is 0.429. The Balaban J connectivity index is 2.18. The van der Waals surface area contributed by atoms with Gasteiger partial charge in [-0.15, -0.1) is 0 Å². The SMILES string of the molecule is O=C(O)C1CCCN(C(=O)Nc2ccc([N+](=O)[O-])c(C(F)(F)F)c2)C1. The summed E-state index contributed by atoms with van der Waals surface area (Å²) >= 11 is 0. The molecule has 0 radical (unpaired) electrons. The van der Waals surface area contributed by atoms with Crippen molar-refractivity contribution < 1.29 is 32.8 Å². The van der Waals surface area contributed by atoms with Gasteiger partial charge in [0.05, 0.1) is 10.8 Å². The van der Waals surface area contributed by atoms with E-state index in [4.69, 9.17) is 5.11 Å². The Bertz CT molecular complexity index is 707. The first-order valence-electron chi connectivity index (χ1n) is 7.24. The third-order valence-electron chi connectivity index (χ3n) is 3.81. The Morgan fingerprint density at radius 3 is 2.60 bits per heavy atom. The number of rotatable bonds is 3. The molecule has 8 nitrogen and oxygen atoms in total. The van der Waals surface area contributed by atoms with E-state index in [0.717, 1.165) is 6.07 Å². The number of nitro benzene ring substituents is 1. The highest BCUT2D eigenvalue weighted by atomic mass is 19.4. The summed E-state index contributed by atoms with van der Waals surface area (Å²) in [6, 6.07) is 1.38. The number of carboxylic acid groups (broad SMARTS) is 1. The minimum Gasteiger partial charge on any atom is -0.481 e. The average Bonchev–Trinajstić information content (AvgIpc) is 2.53. The monoisotopic (exact) mass is 361 g/mol. The van der Waals surface area contributed by atoms with Gasteiger partial charge < -0.3 is 15.3 Å². The van der Waals surface area contributed by atoms with E-state index in [1.807, 2.05) is 0 Å². The number of nitrogens with one attached hydrogen (secondary N) is 1. The Morgan fingerprint density at radius 1 is 1.36 bits per heavy atom. The molecule has 1 aromatic carbocycles. The predicted molar refractivity (Wildman–Crippen MR) is 79.0 cm³/mol. The first-order valence-corrected chi connectivity index (χ1v) is 7.24. The fourth-order valence-corrected chi connectivity index (χ4v) is 2.57. The van der Waals surface area contributed by atoms with Gasteiger partial charge in [-0.2, -0.15) is 13.2 Å². The normalized spacial score (nSPS) is 17.9. The van der Waals surface area contributed by atoms with Crippen LogP contribution < -0.4 is 5.32 Å². The van der Waals surface area contributed by atoms with Gasteiger partial charge in [-0.25, -0.2) is 4.79 Å². The summed E-state index contributed by atoms with van der Waals surface area (Å²) in [6.45, 7) is 0.217. The summed E-state index contributed by atoms with van der Waals surface area (Å²) in [5.41, 5.74) is -2.85. The van der Waals surface area contributed by atoms with Crippen molar-refractivity contribution in [1.29, 1.82) is 0 Å². The van der Waals surface area contributed by atoms with Crippen molar-refractivity contribution in [2.45, 2.75) is 19.0 Å². The van der Waals surface area contributed by atoms with E-state index < -0.39 is 40.3 Å². The van der Waals surface area contributed by atoms with Crippen LogP contribution in [-0.4, -0.2) is 40.0 Å². The molecule has 0 bridgehead atoms. The van der Waals surface area contributed by atoms with Gasteiger partial charge in [-0.3, -0.25) is 14.9 Å². The number of carbonyl (C=O) groups is 2. The second kappa shape index (κ2) is 6.95. The number of likely N-dealkylation sites (tertiary alicyclic amines) is 1. The third kappa shape index (κ3) is 4.37. The highest BCUT2D eigenvalue weighted by Gasteiger charge is 2.38. The smallest absolute Gasteiger partial charge is 0.423 e. The van der Waals surface area contributed by atoms with Crippen molar-refractivity contribution in [2.24, 2.45) is 5.92 Å². The van der Waals surface area contributed by atoms with Crippen molar-refractivity contribution >= 4 is 23.4 Å². The highest BCUT2D eigenvalue weighted by Crippen LogP contribution is 2.37. The molecule has 25 heavy (non-hydrogen) atoms. The summed E-state index contributed by atoms with van der Waals surface area (Å²) in [5, 5.41) is 21.9. The van der Waals surface area contributed by atoms with Crippen molar-refractivity contribution in [3.63, 3.8) is 0 Å². The lowest BCUT2D eigenvalue weighted by atomic mass is 9.99. The number of urea groups is 1. The molecule has 0 spiro atoms. The molecule has 11 heteroatoms. The molecule has 1 atom stereocenters. The standard InChI is InChI=1S/C14H14F3N3O5/c15-14(16,17)10-6-9(3-4-11(10)20(24)25)18-13(23)19-5-1-2-8(7-19)12(21)22/h3-4,6,8H,1-2,5,7H2,(H,18,23)(H,21,22). The molecule has 1 fully saturated rings. The number of carbonyl (C=O) groups excluding carboxylic acids is 1. The maximum Gasteiger partial charge on any atom is 0.423 e. The van der Waals surface area contributed by atoms with E-state index in [9.17, 15) is 32.9 Å². The largest absolute Gasteiger partial charge is 0.481 e. The van der Waals surface area contributed by atoms with Crippen LogP contribution in [0.3, 0.4) is 0 Å². The lowest BCUT2D eigenvalue weighted by Gasteiger charge is -2.30. The number of halogens is 3. The topological polar surface area (TPSA) is 113 Å². The van der Waals surface area contributed by atoms with E-state index in [-0.39, 0.29) is 18.8 Å². The number of aliphatic carboxylic acids is 1. The first kappa shape index (κ1) is 18.5. The maximum absolute atomic E-state index is 12.9. The zero-order chi connectivity index (χ0) is 18.8. The second-order valence-corrected chi connectivity index (χ2v) is 5.54. The fourth-order valence-electron chi connectivity index (χ4n) is 2.57. The van der Waals surface area contributed by atoms with Crippen molar-refractivity contribution in [2.75, 3.05) is 18.4 Å². The van der Waals surface area contributed by atoms with Crippen LogP contribution in [0.1, 0.15) is 18.4 Å². The van der Waals surface area contributed by atoms with Crippen LogP contribution in [0.25, 0.3) is 0 Å². The molecule has 1 heterocycles. The Hall–Kier alpha value is -2.85. The van der Waals surface area contributed by atoms with E-state index in [1.165, 1.54) is 4.90 Å². The number of hydrogen-bond acceptors (Lipinski definition) is 4. The molecule has 2 N–H and O–H groups in total. The number of benzene rings is 1. The van der Waals surface area contributed by atoms with Gasteiger partial charge in [-0.05, 0) is 25.0 Å². The van der Waals surface area contributed by atoms with Crippen LogP contribution >= 0.6 is 0 Å². The Morgan fingerprint density at radius 2 is 2.04 bits per heavy atom. The van der Waals surface area contributed by atoms with Gasteiger partial charge in [0, 0.05) is 24.8 Å². The molecule has 2 amide bonds. The average molecular weight is 361 g/mol. The zero-order valence-electron chi connectivity index (χ0n) is 12.7. The molecule has 1 unspecified atom stereocenters. The van der Waals surface area contributed by atoms with E-state index in [0.29, 0.717) is 25.0 Å². The van der Waals surface area contributed by atoms with Crippen LogP contribution in [0.5, 0.6) is 0 Å². The molecule has 0 saturated carbocycles. The molecule has 1 saturated heterocycles. The number of anilines is 1. The van der Waals surface area contributed by atoms with Gasteiger partial charge in [0.15, 0.2) is 0 Å². The van der Waals surface area contributed by atoms with E-state index in [2.05, 4.69) is 5.32 Å². The molecule has 1 aliphatic heterocycles. The molecular formula is C14H14F3N3O5. The summed E-state index contributed by atoms with van der Waals surface area (Å²) < 4.78 is 38.8. The van der Waals surface area contributed by atoms with Gasteiger partial charge in [-0.1, -0.05) is 0 Å². The minimum atomic E-state index is -4.96. The summed E-state index contributed by atoms with van der Waals surface area (Å²) in [6.07, 6.45) is -4.09. The van der Waals surface area contributed by atoms with Crippen LogP contribution in [0, 0.1) is 16.0 Å². The van der Waals surface area contributed by atoms with Crippen LogP contribution in [0.2, 0.25) is 0 Å². The maximum atomic E-state index is 12.9. The molecule has 0 aromatic heterocycles.